The maximum absolute atomic E-state index is 4.70. The van der Waals surface area contributed by atoms with E-state index in [1.54, 1.807) is 0 Å². The summed E-state index contributed by atoms with van der Waals surface area (Å²) in [4.78, 5) is 4.70. The van der Waals surface area contributed by atoms with Crippen LogP contribution in [-0.2, 0) is 0 Å². The number of hydrogen-bond acceptors (Lipinski definition) is 1. The van der Waals surface area contributed by atoms with Gasteiger partial charge in [-0.05, 0) is 39.2 Å². The van der Waals surface area contributed by atoms with Gasteiger partial charge in [0.25, 0.3) is 0 Å². The van der Waals surface area contributed by atoms with Crippen molar-refractivity contribution in [1.29, 1.82) is 0 Å². The van der Waals surface area contributed by atoms with E-state index in [0.717, 1.165) is 12.1 Å². The first-order chi connectivity index (χ1) is 7.63. The van der Waals surface area contributed by atoms with E-state index in [0.29, 0.717) is 5.92 Å². The SMILES string of the molecule is C=C(/C=C(\N=C(C)C)C1CCCC1)CCC. The Morgan fingerprint density at radius 1 is 1.31 bits per heavy atom. The van der Waals surface area contributed by atoms with Gasteiger partial charge in [-0.3, -0.25) is 4.99 Å². The van der Waals surface area contributed by atoms with Gasteiger partial charge in [-0.1, -0.05) is 38.3 Å². The van der Waals surface area contributed by atoms with Crippen molar-refractivity contribution >= 4 is 5.71 Å². The van der Waals surface area contributed by atoms with Crippen molar-refractivity contribution in [2.45, 2.75) is 59.3 Å². The Bertz CT molecular complexity index is 287. The molecular weight excluding hydrogens is 194 g/mol. The quantitative estimate of drug-likeness (QED) is 0.461. The van der Waals surface area contributed by atoms with Crippen LogP contribution in [0.1, 0.15) is 59.3 Å². The summed E-state index contributed by atoms with van der Waals surface area (Å²) in [5.41, 5.74) is 3.66. The third kappa shape index (κ3) is 4.34. The summed E-state index contributed by atoms with van der Waals surface area (Å²) in [6, 6.07) is 0. The summed E-state index contributed by atoms with van der Waals surface area (Å²) in [6.07, 6.45) is 9.83. The van der Waals surface area contributed by atoms with Crippen LogP contribution in [0, 0.1) is 5.92 Å². The van der Waals surface area contributed by atoms with Crippen molar-refractivity contribution in [3.8, 4) is 0 Å². The molecule has 1 nitrogen and oxygen atoms in total. The largest absolute Gasteiger partial charge is 0.263 e. The van der Waals surface area contributed by atoms with Gasteiger partial charge in [0, 0.05) is 17.3 Å². The number of hydrogen-bond donors (Lipinski definition) is 0. The van der Waals surface area contributed by atoms with Crippen LogP contribution in [0.3, 0.4) is 0 Å². The molecule has 0 radical (unpaired) electrons. The normalized spacial score (nSPS) is 17.6. The number of rotatable bonds is 5. The van der Waals surface area contributed by atoms with Crippen molar-refractivity contribution in [3.63, 3.8) is 0 Å². The van der Waals surface area contributed by atoms with Gasteiger partial charge in [0.15, 0.2) is 0 Å². The Balaban J connectivity index is 2.77. The predicted octanol–water partition coefficient (Wildman–Crippen LogP) is 4.90. The van der Waals surface area contributed by atoms with Crippen LogP contribution in [-0.4, -0.2) is 5.71 Å². The monoisotopic (exact) mass is 219 g/mol. The summed E-state index contributed by atoms with van der Waals surface area (Å²) < 4.78 is 0. The van der Waals surface area contributed by atoms with E-state index < -0.39 is 0 Å². The third-order valence-electron chi connectivity index (χ3n) is 3.05. The zero-order valence-electron chi connectivity index (χ0n) is 11.1. The summed E-state index contributed by atoms with van der Waals surface area (Å²) in [6.45, 7) is 10.5. The van der Waals surface area contributed by atoms with Gasteiger partial charge in [-0.15, -0.1) is 0 Å². The topological polar surface area (TPSA) is 12.4 Å². The fourth-order valence-electron chi connectivity index (χ4n) is 2.32. The minimum atomic E-state index is 0.684. The first kappa shape index (κ1) is 13.2. The highest BCUT2D eigenvalue weighted by Crippen LogP contribution is 2.32. The second kappa shape index (κ2) is 6.67. The second-order valence-electron chi connectivity index (χ2n) is 5.02. The highest BCUT2D eigenvalue weighted by Gasteiger charge is 2.19. The number of nitrogens with zero attached hydrogens (tertiary/aromatic N) is 1. The molecule has 16 heavy (non-hydrogen) atoms. The lowest BCUT2D eigenvalue weighted by atomic mass is 10.0. The van der Waals surface area contributed by atoms with Crippen LogP contribution in [0.5, 0.6) is 0 Å². The smallest absolute Gasteiger partial charge is 0.0436 e. The Kier molecular flexibility index (Phi) is 5.51. The molecule has 0 spiro atoms. The van der Waals surface area contributed by atoms with E-state index in [1.807, 2.05) is 0 Å². The van der Waals surface area contributed by atoms with Gasteiger partial charge >= 0.3 is 0 Å². The second-order valence-corrected chi connectivity index (χ2v) is 5.02. The molecule has 1 fully saturated rings. The average molecular weight is 219 g/mol. The molecule has 1 saturated carbocycles. The maximum atomic E-state index is 4.70. The van der Waals surface area contributed by atoms with Crippen LogP contribution in [0.25, 0.3) is 0 Å². The fraction of sp³-hybridized carbons (Fsp3) is 0.667. The standard InChI is InChI=1S/C15H25N/c1-5-8-13(4)11-15(16-12(2)3)14-9-6-7-10-14/h11,14H,4-10H2,1-3H3/b15-11-. The van der Waals surface area contributed by atoms with Crippen LogP contribution < -0.4 is 0 Å². The van der Waals surface area contributed by atoms with Gasteiger partial charge < -0.3 is 0 Å². The Morgan fingerprint density at radius 2 is 1.94 bits per heavy atom. The zero-order chi connectivity index (χ0) is 12.0. The van der Waals surface area contributed by atoms with Crippen molar-refractivity contribution < 1.29 is 0 Å². The molecule has 1 rings (SSSR count). The van der Waals surface area contributed by atoms with E-state index in [4.69, 9.17) is 4.99 Å². The fourth-order valence-corrected chi connectivity index (χ4v) is 2.32. The lowest BCUT2D eigenvalue weighted by Gasteiger charge is -2.11. The molecule has 0 saturated heterocycles. The number of allylic oxidation sites excluding steroid dienone is 3. The van der Waals surface area contributed by atoms with E-state index >= 15 is 0 Å². The van der Waals surface area contributed by atoms with Gasteiger partial charge in [0.05, 0.1) is 0 Å². The first-order valence-corrected chi connectivity index (χ1v) is 6.54. The molecule has 0 heterocycles. The molecule has 0 bridgehead atoms. The molecule has 0 unspecified atom stereocenters. The Hall–Kier alpha value is -0.850. The summed E-state index contributed by atoms with van der Waals surface area (Å²) in [5.74, 6) is 0.684. The van der Waals surface area contributed by atoms with E-state index in [-0.39, 0.29) is 0 Å². The molecule has 0 aliphatic heterocycles. The van der Waals surface area contributed by atoms with Crippen molar-refractivity contribution in [2.75, 3.05) is 0 Å². The number of aliphatic imine (C=N–C) groups is 1. The van der Waals surface area contributed by atoms with Gasteiger partial charge in [0.2, 0.25) is 0 Å². The van der Waals surface area contributed by atoms with E-state index in [1.165, 1.54) is 43.4 Å². The first-order valence-electron chi connectivity index (χ1n) is 6.54. The molecule has 1 aliphatic carbocycles. The van der Waals surface area contributed by atoms with Crippen molar-refractivity contribution in [2.24, 2.45) is 10.9 Å². The predicted molar refractivity (Wildman–Crippen MR) is 72.9 cm³/mol. The Morgan fingerprint density at radius 3 is 2.44 bits per heavy atom. The molecule has 0 aromatic rings. The molecule has 0 N–H and O–H groups in total. The van der Waals surface area contributed by atoms with E-state index in [9.17, 15) is 0 Å². The summed E-state index contributed by atoms with van der Waals surface area (Å²) in [5, 5.41) is 0. The lowest BCUT2D eigenvalue weighted by molar-refractivity contribution is 0.634. The highest BCUT2D eigenvalue weighted by molar-refractivity contribution is 5.80. The van der Waals surface area contributed by atoms with Gasteiger partial charge in [-0.2, -0.15) is 0 Å². The molecule has 0 amide bonds. The minimum absolute atomic E-state index is 0.684. The molecule has 0 aromatic carbocycles. The van der Waals surface area contributed by atoms with Crippen molar-refractivity contribution in [3.05, 3.63) is 23.9 Å². The molecule has 1 aliphatic rings. The van der Waals surface area contributed by atoms with Gasteiger partial charge in [0.1, 0.15) is 0 Å². The summed E-state index contributed by atoms with van der Waals surface area (Å²) >= 11 is 0. The minimum Gasteiger partial charge on any atom is -0.263 e. The molecule has 1 heteroatoms. The molecule has 0 aromatic heterocycles. The molecular formula is C15H25N. The molecule has 0 atom stereocenters. The van der Waals surface area contributed by atoms with Crippen LogP contribution in [0.4, 0.5) is 0 Å². The third-order valence-corrected chi connectivity index (χ3v) is 3.05. The Labute approximate surface area is 100 Å². The van der Waals surface area contributed by atoms with Crippen LogP contribution in [0.2, 0.25) is 0 Å². The van der Waals surface area contributed by atoms with Crippen molar-refractivity contribution in [1.82, 2.24) is 0 Å². The summed E-state index contributed by atoms with van der Waals surface area (Å²) in [7, 11) is 0. The van der Waals surface area contributed by atoms with E-state index in [2.05, 4.69) is 33.4 Å². The molecule has 90 valence electrons. The zero-order valence-corrected chi connectivity index (χ0v) is 11.1. The van der Waals surface area contributed by atoms with Gasteiger partial charge in [-0.25, -0.2) is 0 Å². The van der Waals surface area contributed by atoms with Crippen LogP contribution in [0.15, 0.2) is 28.9 Å². The van der Waals surface area contributed by atoms with Crippen LogP contribution >= 0.6 is 0 Å². The average Bonchev–Trinajstić information content (AvgIpc) is 2.68. The maximum Gasteiger partial charge on any atom is 0.0436 e. The lowest BCUT2D eigenvalue weighted by Crippen LogP contribution is -1.99. The highest BCUT2D eigenvalue weighted by atomic mass is 14.8.